The number of anilines is 1. The van der Waals surface area contributed by atoms with Crippen molar-refractivity contribution in [1.82, 2.24) is 19.7 Å². The molecule has 176 valence electrons. The van der Waals surface area contributed by atoms with E-state index in [1.54, 1.807) is 4.57 Å². The topological polar surface area (TPSA) is 88.4 Å². The van der Waals surface area contributed by atoms with Gasteiger partial charge in [0.15, 0.2) is 11.0 Å². The van der Waals surface area contributed by atoms with Crippen molar-refractivity contribution in [3.05, 3.63) is 35.9 Å². The summed E-state index contributed by atoms with van der Waals surface area (Å²) in [4.78, 5) is 14.6. The van der Waals surface area contributed by atoms with Gasteiger partial charge in [0.2, 0.25) is 15.9 Å². The second kappa shape index (κ2) is 10.2. The molecule has 1 fully saturated rings. The highest BCUT2D eigenvalue weighted by Gasteiger charge is 2.26. The van der Waals surface area contributed by atoms with Gasteiger partial charge in [-0.15, -0.1) is 10.2 Å². The molecule has 0 aliphatic carbocycles. The maximum atomic E-state index is 13.3. The lowest BCUT2D eigenvalue weighted by atomic mass is 9.92. The number of carbonyl (C=O) groups is 1. The fraction of sp³-hybridized carbons (Fsp3) is 0.571. The van der Waals surface area contributed by atoms with Gasteiger partial charge >= 0.3 is 0 Å². The molecule has 1 aromatic carbocycles. The number of thioether (sulfide) groups is 1. The molecule has 0 bridgehead atoms. The van der Waals surface area contributed by atoms with Gasteiger partial charge in [-0.3, -0.25) is 9.10 Å². The van der Waals surface area contributed by atoms with Gasteiger partial charge in [0, 0.05) is 19.6 Å². The third-order valence-corrected chi connectivity index (χ3v) is 7.55. The van der Waals surface area contributed by atoms with Crippen LogP contribution in [-0.4, -0.2) is 59.1 Å². The van der Waals surface area contributed by atoms with Crippen LogP contribution in [-0.2, 0) is 27.9 Å². The molecule has 1 aliphatic rings. The molecule has 0 radical (unpaired) electrons. The van der Waals surface area contributed by atoms with E-state index in [9.17, 15) is 17.6 Å². The van der Waals surface area contributed by atoms with Crippen LogP contribution in [0.25, 0.3) is 0 Å². The van der Waals surface area contributed by atoms with Gasteiger partial charge in [0.1, 0.15) is 5.82 Å². The zero-order valence-electron chi connectivity index (χ0n) is 18.9. The first-order valence-electron chi connectivity index (χ1n) is 10.6. The average Bonchev–Trinajstić information content (AvgIpc) is 3.11. The lowest BCUT2D eigenvalue weighted by molar-refractivity contribution is -0.130. The van der Waals surface area contributed by atoms with Gasteiger partial charge in [0.25, 0.3) is 0 Å². The Labute approximate surface area is 193 Å². The van der Waals surface area contributed by atoms with E-state index in [1.165, 1.54) is 40.3 Å². The Balaban J connectivity index is 1.73. The molecule has 1 saturated heterocycles. The third-order valence-electron chi connectivity index (χ3n) is 5.46. The van der Waals surface area contributed by atoms with E-state index in [2.05, 4.69) is 24.0 Å². The van der Waals surface area contributed by atoms with E-state index < -0.39 is 15.8 Å². The van der Waals surface area contributed by atoms with Crippen molar-refractivity contribution in [1.29, 1.82) is 0 Å². The summed E-state index contributed by atoms with van der Waals surface area (Å²) in [6.45, 7) is 8.27. The van der Waals surface area contributed by atoms with Gasteiger partial charge in [-0.05, 0) is 49.4 Å². The summed E-state index contributed by atoms with van der Waals surface area (Å²) < 4.78 is 41.0. The second-order valence-electron chi connectivity index (χ2n) is 8.42. The summed E-state index contributed by atoms with van der Waals surface area (Å²) in [5.74, 6) is 1.33. The molecule has 2 aromatic rings. The Bertz CT molecular complexity index is 1030. The molecule has 0 N–H and O–H groups in total. The number of piperidine rings is 1. The van der Waals surface area contributed by atoms with Crippen molar-refractivity contribution in [3.8, 4) is 0 Å². The Morgan fingerprint density at radius 1 is 1.19 bits per heavy atom. The van der Waals surface area contributed by atoms with Crippen LogP contribution in [0.15, 0.2) is 29.4 Å². The van der Waals surface area contributed by atoms with E-state index in [-0.39, 0.29) is 18.2 Å². The molecule has 1 aromatic heterocycles. The van der Waals surface area contributed by atoms with Crippen LogP contribution in [0.2, 0.25) is 0 Å². The number of aromatic nitrogens is 3. The zero-order chi connectivity index (χ0) is 23.5. The molecule has 1 amide bonds. The van der Waals surface area contributed by atoms with Crippen LogP contribution in [0.1, 0.15) is 33.0 Å². The second-order valence-corrected chi connectivity index (χ2v) is 11.3. The number of benzene rings is 1. The average molecular weight is 484 g/mol. The number of amides is 1. The normalized spacial score (nSPS) is 19.2. The van der Waals surface area contributed by atoms with Crippen molar-refractivity contribution in [2.24, 2.45) is 11.8 Å². The Morgan fingerprint density at radius 3 is 2.38 bits per heavy atom. The lowest BCUT2D eigenvalue weighted by Crippen LogP contribution is -2.43. The van der Waals surface area contributed by atoms with Crippen molar-refractivity contribution in [2.45, 2.75) is 45.4 Å². The molecule has 32 heavy (non-hydrogen) atoms. The fourth-order valence-corrected chi connectivity index (χ4v) is 5.86. The highest BCUT2D eigenvalue weighted by atomic mass is 32.2. The van der Waals surface area contributed by atoms with E-state index in [0.29, 0.717) is 35.0 Å². The number of likely N-dealkylation sites (tertiary alicyclic amines) is 1. The maximum Gasteiger partial charge on any atom is 0.233 e. The molecule has 11 heteroatoms. The van der Waals surface area contributed by atoms with Gasteiger partial charge in [-0.25, -0.2) is 12.8 Å². The summed E-state index contributed by atoms with van der Waals surface area (Å²) in [5.41, 5.74) is 0.345. The summed E-state index contributed by atoms with van der Waals surface area (Å²) in [7, 11) is -3.63. The van der Waals surface area contributed by atoms with Gasteiger partial charge in [-0.1, -0.05) is 25.6 Å². The summed E-state index contributed by atoms with van der Waals surface area (Å²) in [5, 5.41) is 8.96. The number of carbonyl (C=O) groups excluding carboxylic acids is 1. The highest BCUT2D eigenvalue weighted by Crippen LogP contribution is 2.25. The summed E-state index contributed by atoms with van der Waals surface area (Å²) >= 11 is 1.31. The minimum absolute atomic E-state index is 0.0407. The molecular formula is C21H30FN5O3S2. The molecular weight excluding hydrogens is 453 g/mol. The molecule has 0 saturated carbocycles. The zero-order valence-corrected chi connectivity index (χ0v) is 20.5. The molecule has 0 unspecified atom stereocenters. The van der Waals surface area contributed by atoms with Crippen molar-refractivity contribution in [2.75, 3.05) is 29.4 Å². The number of halogens is 1. The van der Waals surface area contributed by atoms with E-state index in [0.717, 1.165) is 25.8 Å². The van der Waals surface area contributed by atoms with Gasteiger partial charge in [0.05, 0.1) is 24.2 Å². The fourth-order valence-electron chi connectivity index (χ4n) is 4.08. The minimum atomic E-state index is -3.63. The monoisotopic (exact) mass is 483 g/mol. The summed E-state index contributed by atoms with van der Waals surface area (Å²) in [6, 6.07) is 5.26. The lowest BCUT2D eigenvalue weighted by Gasteiger charge is -2.34. The van der Waals surface area contributed by atoms with Crippen LogP contribution < -0.4 is 4.31 Å². The van der Waals surface area contributed by atoms with E-state index >= 15 is 0 Å². The van der Waals surface area contributed by atoms with Gasteiger partial charge in [-0.2, -0.15) is 0 Å². The van der Waals surface area contributed by atoms with Crippen LogP contribution in [0.3, 0.4) is 0 Å². The van der Waals surface area contributed by atoms with Crippen LogP contribution >= 0.6 is 11.8 Å². The first-order valence-corrected chi connectivity index (χ1v) is 13.5. The number of hydrogen-bond donors (Lipinski definition) is 0. The molecule has 0 spiro atoms. The molecule has 2 atom stereocenters. The number of sulfonamides is 1. The first-order chi connectivity index (χ1) is 15.1. The smallest absolute Gasteiger partial charge is 0.233 e. The van der Waals surface area contributed by atoms with Crippen molar-refractivity contribution in [3.63, 3.8) is 0 Å². The first kappa shape index (κ1) is 24.5. The SMILES string of the molecule is CCn1c(CN(c2ccc(F)cc2)S(C)(=O)=O)nnc1SCC(=O)N1C[C@H](C)C[C@H](C)C1. The number of rotatable bonds is 8. The van der Waals surface area contributed by atoms with Crippen LogP contribution in [0, 0.1) is 17.7 Å². The predicted octanol–water partition coefficient (Wildman–Crippen LogP) is 3.00. The highest BCUT2D eigenvalue weighted by molar-refractivity contribution is 7.99. The van der Waals surface area contributed by atoms with Crippen molar-refractivity contribution < 1.29 is 17.6 Å². The molecule has 1 aliphatic heterocycles. The minimum Gasteiger partial charge on any atom is -0.341 e. The maximum absolute atomic E-state index is 13.3. The number of nitrogens with zero attached hydrogens (tertiary/aromatic N) is 5. The Kier molecular flexibility index (Phi) is 7.81. The van der Waals surface area contributed by atoms with Crippen LogP contribution in [0.4, 0.5) is 10.1 Å². The third kappa shape index (κ3) is 6.00. The standard InChI is InChI=1S/C21H30FN5O3S2/c1-5-26-19(13-27(32(4,29)30)18-8-6-17(22)7-9-18)23-24-21(26)31-14-20(28)25-11-15(2)10-16(3)12-25/h6-9,15-16H,5,10-14H2,1-4H3/t15-,16+. The number of hydrogen-bond acceptors (Lipinski definition) is 6. The van der Waals surface area contributed by atoms with E-state index in [4.69, 9.17) is 0 Å². The van der Waals surface area contributed by atoms with Gasteiger partial charge < -0.3 is 9.47 Å². The van der Waals surface area contributed by atoms with E-state index in [1.807, 2.05) is 11.8 Å². The van der Waals surface area contributed by atoms with Crippen molar-refractivity contribution >= 4 is 33.4 Å². The summed E-state index contributed by atoms with van der Waals surface area (Å²) in [6.07, 6.45) is 2.23. The molecule has 3 rings (SSSR count). The predicted molar refractivity (Wildman–Crippen MR) is 123 cm³/mol. The van der Waals surface area contributed by atoms with Crippen LogP contribution in [0.5, 0.6) is 0 Å². The Morgan fingerprint density at radius 2 is 1.81 bits per heavy atom. The molecule has 2 heterocycles. The Hall–Kier alpha value is -2.14. The molecule has 8 nitrogen and oxygen atoms in total. The largest absolute Gasteiger partial charge is 0.341 e. The quantitative estimate of drug-likeness (QED) is 0.537.